The van der Waals surface area contributed by atoms with Crippen LogP contribution in [0.3, 0.4) is 0 Å². The Bertz CT molecular complexity index is 1250. The lowest BCUT2D eigenvalue weighted by Gasteiger charge is -2.34. The summed E-state index contributed by atoms with van der Waals surface area (Å²) < 4.78 is 81.6. The highest BCUT2D eigenvalue weighted by Gasteiger charge is 2.51. The van der Waals surface area contributed by atoms with E-state index in [9.17, 15) is 26.0 Å². The number of imidazole rings is 1. The Morgan fingerprint density at radius 3 is 2.50 bits per heavy atom. The van der Waals surface area contributed by atoms with Crippen molar-refractivity contribution in [1.82, 2.24) is 13.9 Å². The Balaban J connectivity index is 1.77. The third-order valence-corrected chi connectivity index (χ3v) is 7.43. The second-order valence-electron chi connectivity index (χ2n) is 8.35. The van der Waals surface area contributed by atoms with Crippen LogP contribution in [0.4, 0.5) is 23.2 Å². The summed E-state index contributed by atoms with van der Waals surface area (Å²) in [5.41, 5.74) is -3.15. The number of nitrogens with zero attached hydrogens (tertiary/aromatic N) is 4. The summed E-state index contributed by atoms with van der Waals surface area (Å²) in [6.07, 6.45) is 4.31. The van der Waals surface area contributed by atoms with Crippen LogP contribution in [0.2, 0.25) is 0 Å². The maximum atomic E-state index is 14.1. The van der Waals surface area contributed by atoms with Gasteiger partial charge < -0.3 is 9.47 Å². The fourth-order valence-electron chi connectivity index (χ4n) is 4.24. The van der Waals surface area contributed by atoms with Gasteiger partial charge in [0, 0.05) is 38.1 Å². The van der Waals surface area contributed by atoms with Crippen LogP contribution in [0.25, 0.3) is 0 Å². The van der Waals surface area contributed by atoms with E-state index in [0.717, 1.165) is 11.6 Å². The number of fused-ring (bicyclic) bond motifs is 1. The van der Waals surface area contributed by atoms with Gasteiger partial charge in [0.25, 0.3) is 0 Å². The maximum absolute atomic E-state index is 14.1. The summed E-state index contributed by atoms with van der Waals surface area (Å²) in [6.45, 7) is -0.730. The Kier molecular flexibility index (Phi) is 6.68. The van der Waals surface area contributed by atoms with Crippen molar-refractivity contribution in [2.24, 2.45) is 7.05 Å². The average Bonchev–Trinajstić information content (AvgIpc) is 3.12. The molecule has 182 valence electrons. The van der Waals surface area contributed by atoms with E-state index in [-0.39, 0.29) is 12.1 Å². The molecule has 1 atom stereocenters. The van der Waals surface area contributed by atoms with Crippen LogP contribution in [-0.4, -0.2) is 40.4 Å². The fourth-order valence-corrected chi connectivity index (χ4v) is 5.21. The van der Waals surface area contributed by atoms with E-state index in [1.807, 2.05) is 35.2 Å². The van der Waals surface area contributed by atoms with Crippen LogP contribution in [0.1, 0.15) is 23.2 Å². The molecule has 1 aliphatic rings. The van der Waals surface area contributed by atoms with Gasteiger partial charge in [-0.05, 0) is 42.2 Å². The van der Waals surface area contributed by atoms with Gasteiger partial charge in [0.2, 0.25) is 0 Å². The predicted molar refractivity (Wildman–Crippen MR) is 120 cm³/mol. The minimum atomic E-state index is -5.62. The number of hydrogen-bond donors (Lipinski definition) is 0. The molecule has 2 heterocycles. The smallest absolute Gasteiger partial charge is 0.361 e. The molecule has 0 amide bonds. The first kappa shape index (κ1) is 24.2. The minimum Gasteiger partial charge on any atom is -0.361 e. The maximum Gasteiger partial charge on any atom is 0.511 e. The van der Waals surface area contributed by atoms with Gasteiger partial charge >= 0.3 is 15.5 Å². The SMILES string of the molecule is Cn1cnc(CN2c3ccc(F)cc3CN(S(=O)(=O)C(F)(F)F)C[C@H]2CCc2ccccc2)c1. The monoisotopic (exact) mass is 496 g/mol. The summed E-state index contributed by atoms with van der Waals surface area (Å²) in [5, 5.41) is 0. The molecule has 0 N–H and O–H groups in total. The van der Waals surface area contributed by atoms with E-state index in [1.54, 1.807) is 24.1 Å². The highest BCUT2D eigenvalue weighted by Crippen LogP contribution is 2.36. The summed E-state index contributed by atoms with van der Waals surface area (Å²) in [4.78, 5) is 6.17. The number of halogens is 4. The highest BCUT2D eigenvalue weighted by atomic mass is 32.2. The molecule has 1 aromatic heterocycles. The molecule has 0 unspecified atom stereocenters. The van der Waals surface area contributed by atoms with Gasteiger partial charge in [-0.1, -0.05) is 30.3 Å². The second-order valence-corrected chi connectivity index (χ2v) is 10.3. The second kappa shape index (κ2) is 9.38. The van der Waals surface area contributed by atoms with Gasteiger partial charge in [0.05, 0.1) is 18.6 Å². The summed E-state index contributed by atoms with van der Waals surface area (Å²) in [5.74, 6) is -0.649. The molecular weight excluding hydrogens is 472 g/mol. The number of aryl methyl sites for hydroxylation is 2. The van der Waals surface area contributed by atoms with Crippen molar-refractivity contribution in [1.29, 1.82) is 0 Å². The molecule has 0 spiro atoms. The number of anilines is 1. The quantitative estimate of drug-likeness (QED) is 0.480. The normalized spacial score (nSPS) is 17.4. The van der Waals surface area contributed by atoms with Crippen molar-refractivity contribution in [3.05, 3.63) is 83.7 Å². The average molecular weight is 497 g/mol. The van der Waals surface area contributed by atoms with Crippen molar-refractivity contribution < 1.29 is 26.0 Å². The number of benzene rings is 2. The van der Waals surface area contributed by atoms with Crippen molar-refractivity contribution in [2.75, 3.05) is 11.4 Å². The summed E-state index contributed by atoms with van der Waals surface area (Å²) >= 11 is 0. The predicted octanol–water partition coefficient (Wildman–Crippen LogP) is 4.23. The number of aromatic nitrogens is 2. The zero-order valence-electron chi connectivity index (χ0n) is 18.4. The highest BCUT2D eigenvalue weighted by molar-refractivity contribution is 7.89. The van der Waals surface area contributed by atoms with Crippen LogP contribution in [0.15, 0.2) is 61.1 Å². The van der Waals surface area contributed by atoms with Gasteiger partial charge in [0.1, 0.15) is 5.82 Å². The van der Waals surface area contributed by atoms with Crippen molar-refractivity contribution >= 4 is 15.7 Å². The zero-order chi connectivity index (χ0) is 24.5. The number of sulfonamides is 1. The molecule has 0 radical (unpaired) electrons. The van der Waals surface area contributed by atoms with Crippen LogP contribution in [0.5, 0.6) is 0 Å². The molecule has 11 heteroatoms. The van der Waals surface area contributed by atoms with E-state index in [1.165, 1.54) is 12.1 Å². The first-order valence-electron chi connectivity index (χ1n) is 10.7. The van der Waals surface area contributed by atoms with E-state index < -0.39 is 40.5 Å². The van der Waals surface area contributed by atoms with Gasteiger partial charge in [-0.2, -0.15) is 17.5 Å². The van der Waals surface area contributed by atoms with Gasteiger partial charge in [-0.3, -0.25) is 0 Å². The number of hydrogen-bond acceptors (Lipinski definition) is 4. The Hall–Kier alpha value is -2.92. The lowest BCUT2D eigenvalue weighted by Crippen LogP contribution is -2.47. The molecule has 34 heavy (non-hydrogen) atoms. The van der Waals surface area contributed by atoms with E-state index in [0.29, 0.717) is 28.5 Å². The summed E-state index contributed by atoms with van der Waals surface area (Å²) in [7, 11) is -3.82. The van der Waals surface area contributed by atoms with Crippen molar-refractivity contribution in [2.45, 2.75) is 37.5 Å². The van der Waals surface area contributed by atoms with Gasteiger partial charge in [0.15, 0.2) is 0 Å². The minimum absolute atomic E-state index is 0.172. The number of rotatable bonds is 6. The number of alkyl halides is 3. The molecule has 0 bridgehead atoms. The first-order valence-corrected chi connectivity index (χ1v) is 12.1. The Morgan fingerprint density at radius 2 is 1.85 bits per heavy atom. The fraction of sp³-hybridized carbons (Fsp3) is 0.348. The van der Waals surface area contributed by atoms with E-state index >= 15 is 0 Å². The molecule has 0 saturated heterocycles. The molecule has 4 rings (SSSR count). The topological polar surface area (TPSA) is 58.4 Å². The van der Waals surface area contributed by atoms with E-state index in [4.69, 9.17) is 0 Å². The van der Waals surface area contributed by atoms with Crippen LogP contribution < -0.4 is 4.90 Å². The lowest BCUT2D eigenvalue weighted by molar-refractivity contribution is -0.0492. The molecule has 1 aliphatic heterocycles. The zero-order valence-corrected chi connectivity index (χ0v) is 19.2. The van der Waals surface area contributed by atoms with E-state index in [2.05, 4.69) is 4.98 Å². The molecule has 0 aliphatic carbocycles. The Morgan fingerprint density at radius 1 is 1.12 bits per heavy atom. The summed E-state index contributed by atoms with van der Waals surface area (Å²) in [6, 6.07) is 12.6. The Labute approximate surface area is 195 Å². The molecular formula is C23H24F4N4O2S. The molecule has 6 nitrogen and oxygen atoms in total. The molecule has 0 fully saturated rings. The largest absolute Gasteiger partial charge is 0.511 e. The first-order chi connectivity index (χ1) is 16.0. The van der Waals surface area contributed by atoms with Crippen molar-refractivity contribution in [3.63, 3.8) is 0 Å². The van der Waals surface area contributed by atoms with Crippen LogP contribution >= 0.6 is 0 Å². The van der Waals surface area contributed by atoms with Crippen LogP contribution in [0, 0.1) is 5.82 Å². The van der Waals surface area contributed by atoms with Gasteiger partial charge in [-0.25, -0.2) is 17.8 Å². The van der Waals surface area contributed by atoms with Crippen molar-refractivity contribution in [3.8, 4) is 0 Å². The lowest BCUT2D eigenvalue weighted by atomic mass is 10.0. The standard InChI is InChI=1S/C23H24F4N4O2S/c1-29-13-20(28-16-29)14-31-21(9-7-17-5-3-2-4-6-17)15-30(34(32,33)23(25,26)27)12-18-11-19(24)8-10-22(18)31/h2-6,8,10-11,13,16,21H,7,9,12,14-15H2,1H3/t21-/m1/s1. The van der Waals surface area contributed by atoms with Gasteiger partial charge in [-0.15, -0.1) is 0 Å². The molecule has 2 aromatic carbocycles. The third-order valence-electron chi connectivity index (χ3n) is 5.88. The third kappa shape index (κ3) is 5.10. The van der Waals surface area contributed by atoms with Crippen LogP contribution in [-0.2, 0) is 36.6 Å². The molecule has 0 saturated carbocycles. The molecule has 3 aromatic rings.